The van der Waals surface area contributed by atoms with Crippen molar-refractivity contribution in [2.45, 2.75) is 32.2 Å². The van der Waals surface area contributed by atoms with Crippen LogP contribution in [0.4, 0.5) is 4.79 Å². The molecule has 1 atom stereocenters. The van der Waals surface area contributed by atoms with E-state index in [0.29, 0.717) is 0 Å². The van der Waals surface area contributed by atoms with Gasteiger partial charge in [-0.15, -0.1) is 0 Å². The number of hydrazine groups is 1. The molecule has 2 N–H and O–H groups in total. The summed E-state index contributed by atoms with van der Waals surface area (Å²) >= 11 is 0. The summed E-state index contributed by atoms with van der Waals surface area (Å²) in [5, 5.41) is 10.4. The topological polar surface area (TPSA) is 52.6 Å². The van der Waals surface area contributed by atoms with Crippen molar-refractivity contribution < 1.29 is 9.90 Å². The van der Waals surface area contributed by atoms with Crippen LogP contribution in [0.1, 0.15) is 37.8 Å². The molecule has 0 aliphatic carbocycles. The molecule has 94 valence electrons. The Labute approximate surface area is 102 Å². The minimum absolute atomic E-state index is 0.126. The highest BCUT2D eigenvalue weighted by atomic mass is 16.4. The van der Waals surface area contributed by atoms with E-state index in [2.05, 4.69) is 12.3 Å². The molecule has 0 heterocycles. The third kappa shape index (κ3) is 3.75. The fourth-order valence-corrected chi connectivity index (χ4v) is 1.90. The fourth-order valence-electron chi connectivity index (χ4n) is 1.90. The number of carboxylic acid groups (broad SMARTS) is 1. The predicted molar refractivity (Wildman–Crippen MR) is 67.6 cm³/mol. The highest BCUT2D eigenvalue weighted by Gasteiger charge is 2.22. The molecule has 1 aromatic carbocycles. The van der Waals surface area contributed by atoms with Gasteiger partial charge in [0.05, 0.1) is 6.04 Å². The molecule has 4 nitrogen and oxygen atoms in total. The molecule has 1 aromatic rings. The molecule has 0 aliphatic rings. The minimum atomic E-state index is -0.947. The van der Waals surface area contributed by atoms with Crippen LogP contribution in [-0.2, 0) is 0 Å². The lowest BCUT2D eigenvalue weighted by molar-refractivity contribution is 0.0952. The minimum Gasteiger partial charge on any atom is -0.464 e. The molecule has 1 rings (SSSR count). The number of unbranched alkanes of at least 4 members (excludes halogenated alkanes) is 1. The average Bonchev–Trinajstić information content (AvgIpc) is 2.35. The molecule has 0 saturated carbocycles. The van der Waals surface area contributed by atoms with Crippen molar-refractivity contribution in [2.75, 3.05) is 7.05 Å². The van der Waals surface area contributed by atoms with E-state index in [1.165, 1.54) is 5.01 Å². The first-order valence-corrected chi connectivity index (χ1v) is 5.95. The van der Waals surface area contributed by atoms with Gasteiger partial charge in [0, 0.05) is 7.05 Å². The van der Waals surface area contributed by atoms with Crippen LogP contribution in [0.15, 0.2) is 30.3 Å². The van der Waals surface area contributed by atoms with Gasteiger partial charge in [0.1, 0.15) is 0 Å². The van der Waals surface area contributed by atoms with Crippen LogP contribution in [0, 0.1) is 0 Å². The van der Waals surface area contributed by atoms with Gasteiger partial charge in [-0.05, 0) is 12.0 Å². The number of hydrogen-bond acceptors (Lipinski definition) is 2. The monoisotopic (exact) mass is 236 g/mol. The molecule has 1 amide bonds. The van der Waals surface area contributed by atoms with Crippen molar-refractivity contribution in [3.63, 3.8) is 0 Å². The van der Waals surface area contributed by atoms with Crippen molar-refractivity contribution in [3.8, 4) is 0 Å². The van der Waals surface area contributed by atoms with Crippen LogP contribution in [0.3, 0.4) is 0 Å². The van der Waals surface area contributed by atoms with E-state index < -0.39 is 6.09 Å². The van der Waals surface area contributed by atoms with E-state index in [0.717, 1.165) is 24.8 Å². The second-order valence-corrected chi connectivity index (χ2v) is 3.94. The molecular weight excluding hydrogens is 216 g/mol. The first-order valence-electron chi connectivity index (χ1n) is 5.95. The Morgan fingerprint density at radius 2 is 2.06 bits per heavy atom. The number of nitrogens with one attached hydrogen (secondary N) is 1. The lowest BCUT2D eigenvalue weighted by Crippen LogP contribution is -2.42. The molecule has 17 heavy (non-hydrogen) atoms. The van der Waals surface area contributed by atoms with Gasteiger partial charge in [0.25, 0.3) is 0 Å². The average molecular weight is 236 g/mol. The van der Waals surface area contributed by atoms with E-state index in [9.17, 15) is 4.79 Å². The highest BCUT2D eigenvalue weighted by molar-refractivity contribution is 5.65. The number of carbonyl (C=O) groups is 1. The molecule has 1 unspecified atom stereocenters. The van der Waals surface area contributed by atoms with Crippen molar-refractivity contribution in [1.29, 1.82) is 0 Å². The van der Waals surface area contributed by atoms with Gasteiger partial charge in [-0.1, -0.05) is 50.1 Å². The number of benzene rings is 1. The first-order chi connectivity index (χ1) is 8.20. The molecule has 0 aromatic heterocycles. The van der Waals surface area contributed by atoms with E-state index in [1.807, 2.05) is 30.3 Å². The van der Waals surface area contributed by atoms with Crippen LogP contribution < -0.4 is 5.43 Å². The van der Waals surface area contributed by atoms with E-state index in [1.54, 1.807) is 7.05 Å². The van der Waals surface area contributed by atoms with Crippen LogP contribution >= 0.6 is 0 Å². The quantitative estimate of drug-likeness (QED) is 0.746. The second kappa shape index (κ2) is 6.91. The molecule has 0 aliphatic heterocycles. The normalized spacial score (nSPS) is 12.1. The summed E-state index contributed by atoms with van der Waals surface area (Å²) in [7, 11) is 1.63. The third-order valence-corrected chi connectivity index (χ3v) is 2.77. The standard InChI is InChI=1S/C13H20N2O2/c1-3-4-10-12(15(14-2)13(16)17)11-8-6-5-7-9-11/h5-9,12,14H,3-4,10H2,1-2H3,(H,16,17). The van der Waals surface area contributed by atoms with Crippen LogP contribution in [-0.4, -0.2) is 23.3 Å². The number of hydrogen-bond donors (Lipinski definition) is 2. The van der Waals surface area contributed by atoms with Gasteiger partial charge < -0.3 is 5.11 Å². The smallest absolute Gasteiger partial charge is 0.422 e. The SMILES string of the molecule is CCCCC(c1ccccc1)N(NC)C(=O)O. The molecule has 0 bridgehead atoms. The zero-order valence-electron chi connectivity index (χ0n) is 10.4. The van der Waals surface area contributed by atoms with Crippen molar-refractivity contribution in [1.82, 2.24) is 10.4 Å². The molecular formula is C13H20N2O2. The molecule has 0 fully saturated rings. The van der Waals surface area contributed by atoms with Crippen LogP contribution in [0.25, 0.3) is 0 Å². The predicted octanol–water partition coefficient (Wildman–Crippen LogP) is 3.03. The van der Waals surface area contributed by atoms with Gasteiger partial charge in [-0.25, -0.2) is 15.2 Å². The molecule has 0 radical (unpaired) electrons. The second-order valence-electron chi connectivity index (χ2n) is 3.94. The third-order valence-electron chi connectivity index (χ3n) is 2.77. The zero-order chi connectivity index (χ0) is 12.7. The van der Waals surface area contributed by atoms with Crippen molar-refractivity contribution >= 4 is 6.09 Å². The van der Waals surface area contributed by atoms with E-state index in [-0.39, 0.29) is 6.04 Å². The maximum Gasteiger partial charge on any atom is 0.422 e. The van der Waals surface area contributed by atoms with E-state index in [4.69, 9.17) is 5.11 Å². The molecule has 0 saturated heterocycles. The van der Waals surface area contributed by atoms with Crippen molar-refractivity contribution in [3.05, 3.63) is 35.9 Å². The highest BCUT2D eigenvalue weighted by Crippen LogP contribution is 2.24. The zero-order valence-corrected chi connectivity index (χ0v) is 10.4. The summed E-state index contributed by atoms with van der Waals surface area (Å²) in [4.78, 5) is 11.2. The Hall–Kier alpha value is -1.55. The number of nitrogens with zero attached hydrogens (tertiary/aromatic N) is 1. The summed E-state index contributed by atoms with van der Waals surface area (Å²) in [6, 6.07) is 9.61. The van der Waals surface area contributed by atoms with Gasteiger partial charge in [0.15, 0.2) is 0 Å². The Morgan fingerprint density at radius 1 is 1.41 bits per heavy atom. The van der Waals surface area contributed by atoms with Crippen LogP contribution in [0.2, 0.25) is 0 Å². The van der Waals surface area contributed by atoms with E-state index >= 15 is 0 Å². The Balaban J connectivity index is 2.90. The summed E-state index contributed by atoms with van der Waals surface area (Å²) in [5.74, 6) is 0. The van der Waals surface area contributed by atoms with Crippen molar-refractivity contribution in [2.24, 2.45) is 0 Å². The molecule has 0 spiro atoms. The van der Waals surface area contributed by atoms with Crippen LogP contribution in [0.5, 0.6) is 0 Å². The Bertz CT molecular complexity index is 341. The van der Waals surface area contributed by atoms with Gasteiger partial charge in [0.2, 0.25) is 0 Å². The Morgan fingerprint density at radius 3 is 2.53 bits per heavy atom. The molecule has 4 heteroatoms. The lowest BCUT2D eigenvalue weighted by Gasteiger charge is -2.28. The maximum absolute atomic E-state index is 11.2. The fraction of sp³-hybridized carbons (Fsp3) is 0.462. The summed E-state index contributed by atoms with van der Waals surface area (Å²) < 4.78 is 0. The van der Waals surface area contributed by atoms with Gasteiger partial charge in [-0.3, -0.25) is 0 Å². The first kappa shape index (κ1) is 13.5. The lowest BCUT2D eigenvalue weighted by atomic mass is 10.0. The summed E-state index contributed by atoms with van der Waals surface area (Å²) in [6.45, 7) is 2.10. The summed E-state index contributed by atoms with van der Waals surface area (Å²) in [6.07, 6.45) is 1.94. The van der Waals surface area contributed by atoms with Gasteiger partial charge >= 0.3 is 6.09 Å². The maximum atomic E-state index is 11.2. The largest absolute Gasteiger partial charge is 0.464 e. The number of rotatable bonds is 6. The number of amides is 1. The summed E-state index contributed by atoms with van der Waals surface area (Å²) in [5.41, 5.74) is 3.77. The van der Waals surface area contributed by atoms with Gasteiger partial charge in [-0.2, -0.15) is 0 Å². The Kier molecular flexibility index (Phi) is 5.49.